The first-order valence-corrected chi connectivity index (χ1v) is 19.2. The largest absolute Gasteiger partial charge is 2.00 e. The van der Waals surface area contributed by atoms with Crippen LogP contribution in [0.15, 0.2) is 97.1 Å². The van der Waals surface area contributed by atoms with Gasteiger partial charge in [-0.1, -0.05) is 60.7 Å². The van der Waals surface area contributed by atoms with Gasteiger partial charge >= 0.3 is 41.8 Å². The summed E-state index contributed by atoms with van der Waals surface area (Å²) >= 11 is 0. The predicted molar refractivity (Wildman–Crippen MR) is 196 cm³/mol. The Morgan fingerprint density at radius 2 is 0.789 bits per heavy atom. The quantitative estimate of drug-likeness (QED) is 0.0968. The van der Waals surface area contributed by atoms with Crippen molar-refractivity contribution in [2.75, 3.05) is 7.05 Å². The minimum Gasteiger partial charge on any atom is -0.274 e. The first-order valence-electron chi connectivity index (χ1n) is 16.6. The van der Waals surface area contributed by atoms with Crippen molar-refractivity contribution < 1.29 is 69.8 Å². The van der Waals surface area contributed by atoms with Gasteiger partial charge in [0.25, 0.3) is 0 Å². The van der Waals surface area contributed by atoms with Crippen molar-refractivity contribution in [3.63, 3.8) is 0 Å². The molecule has 2 aliphatic carbocycles. The van der Waals surface area contributed by atoms with Gasteiger partial charge in [-0.15, -0.1) is 0 Å². The van der Waals surface area contributed by atoms with Gasteiger partial charge in [0.15, 0.2) is 0 Å². The van der Waals surface area contributed by atoms with Crippen LogP contribution in [0.2, 0.25) is 0 Å². The van der Waals surface area contributed by atoms with Gasteiger partial charge in [-0.25, -0.2) is 0 Å². The summed E-state index contributed by atoms with van der Waals surface area (Å²) in [7, 11) is -2.96. The second-order valence-electron chi connectivity index (χ2n) is 12.4. The number of nitrogens with zero attached hydrogens (tertiary/aromatic N) is 1. The average molecular weight is 883 g/mol. The van der Waals surface area contributed by atoms with Crippen molar-refractivity contribution in [1.29, 1.82) is 0 Å². The summed E-state index contributed by atoms with van der Waals surface area (Å²) in [6.45, 7) is 1.55. The Morgan fingerprint density at radius 1 is 0.456 bits per heavy atom. The maximum absolute atomic E-state index is 14.0. The predicted octanol–water partition coefficient (Wildman–Crippen LogP) is 11.3. The zero-order valence-electron chi connectivity index (χ0n) is 29.7. The van der Waals surface area contributed by atoms with Gasteiger partial charge in [0.1, 0.15) is 0 Å². The van der Waals surface area contributed by atoms with Crippen LogP contribution in [0.3, 0.4) is 0 Å². The van der Waals surface area contributed by atoms with Gasteiger partial charge in [0.05, 0.1) is 22.3 Å². The van der Waals surface area contributed by atoms with Crippen LogP contribution in [0.5, 0.6) is 0 Å². The first kappa shape index (κ1) is 47.1. The van der Waals surface area contributed by atoms with Crippen molar-refractivity contribution in [1.82, 2.24) is 4.67 Å². The van der Waals surface area contributed by atoms with Crippen LogP contribution < -0.4 is 21.2 Å². The van der Waals surface area contributed by atoms with Gasteiger partial charge in [-0.3, -0.25) is 4.67 Å². The van der Waals surface area contributed by atoms with Crippen LogP contribution in [-0.2, 0) is 41.8 Å². The summed E-state index contributed by atoms with van der Waals surface area (Å²) in [6, 6.07) is 18.6. The second-order valence-corrected chi connectivity index (χ2v) is 16.9. The number of halogens is 12. The molecule has 0 aromatic heterocycles. The molecular formula is C41H31F12FeNP2+2. The van der Waals surface area contributed by atoms with Crippen LogP contribution in [-0.4, -0.2) is 17.8 Å². The van der Waals surface area contributed by atoms with Crippen molar-refractivity contribution in [3.05, 3.63) is 182 Å². The van der Waals surface area contributed by atoms with Gasteiger partial charge < -0.3 is 0 Å². The summed E-state index contributed by atoms with van der Waals surface area (Å²) < 4.78 is 170. The van der Waals surface area contributed by atoms with E-state index in [-0.39, 0.29) is 29.2 Å². The fourth-order valence-corrected chi connectivity index (χ4v) is 11.0. The molecule has 0 amide bonds. The van der Waals surface area contributed by atoms with Gasteiger partial charge in [0.2, 0.25) is 0 Å². The normalized spacial score (nSPS) is 16.5. The maximum atomic E-state index is 14.0. The molecule has 57 heavy (non-hydrogen) atoms. The van der Waals surface area contributed by atoms with Crippen molar-refractivity contribution in [2.24, 2.45) is 0 Å². The van der Waals surface area contributed by atoms with Crippen LogP contribution in [0.25, 0.3) is 0 Å². The zero-order chi connectivity index (χ0) is 41.1. The molecule has 0 bridgehead atoms. The molecule has 4 aromatic rings. The Morgan fingerprint density at radius 3 is 1.11 bits per heavy atom. The molecule has 0 unspecified atom stereocenters. The third-order valence-electron chi connectivity index (χ3n) is 8.61. The van der Waals surface area contributed by atoms with Crippen molar-refractivity contribution in [2.45, 2.75) is 37.7 Å². The smallest absolute Gasteiger partial charge is 0.274 e. The number of hydrogen-bond donors (Lipinski definition) is 0. The average Bonchev–Trinajstić information content (AvgIpc) is 3.88. The van der Waals surface area contributed by atoms with Crippen molar-refractivity contribution >= 4 is 37.2 Å². The fraction of sp³-hybridized carbons (Fsp3) is 0.171. The Labute approximate surface area is 337 Å². The minimum atomic E-state index is -5.33. The minimum absolute atomic E-state index is 0. The molecule has 0 spiro atoms. The Kier molecular flexibility index (Phi) is 15.8. The standard InChI is InChI=1S/C36H26F12NP2.C5H5.Fe/c1-22(31-14-9-15-32(31)50(27-10-5-3-6-11-27)28-12-7-4-8-13-28)49(2)51(29-18-23(33(37,38)39)16-24(19-29)34(40,41)42)30-20-25(35(43,44)45)17-26(21-30)36(46,47)48;1-2-4-5-3-1;/h3-22H,1-2H3;1-5H;/q;;+2/t22-;;/m0../s1. The number of rotatable bonds is 8. The zero-order valence-corrected chi connectivity index (χ0v) is 32.6. The third kappa shape index (κ3) is 12.0. The van der Waals surface area contributed by atoms with E-state index in [1.54, 1.807) is 26.2 Å². The van der Waals surface area contributed by atoms with E-state index in [1.165, 1.54) is 11.7 Å². The van der Waals surface area contributed by atoms with Gasteiger partial charge in [-0.05, 0) is 131 Å². The van der Waals surface area contributed by atoms with Gasteiger partial charge in [0, 0.05) is 25.7 Å². The Bertz CT molecular complexity index is 1690. The number of benzene rings is 4. The summed E-state index contributed by atoms with van der Waals surface area (Å²) in [6.07, 6.45) is -6.15. The molecule has 0 aliphatic heterocycles. The molecule has 2 saturated carbocycles. The molecule has 0 heterocycles. The molecule has 0 N–H and O–H groups in total. The molecule has 16 heteroatoms. The summed E-state index contributed by atoms with van der Waals surface area (Å²) in [4.78, 5) is 0. The molecule has 4 aromatic carbocycles. The molecule has 1 atom stereocenters. The Balaban J connectivity index is 0.00000111. The van der Waals surface area contributed by atoms with E-state index < -0.39 is 79.6 Å². The van der Waals surface area contributed by atoms with E-state index in [1.807, 2.05) is 92.8 Å². The van der Waals surface area contributed by atoms with Crippen LogP contribution in [0.1, 0.15) is 29.2 Å². The molecule has 0 saturated heterocycles. The SMILES string of the molecule is C[C@@H]([C]1[CH][CH][CH][C]1P(c1ccccc1)c1ccccc1)N(C)P(c1cc(C(F)(F)F)cc(C(F)(F)F)c1)c1cc(C(F)(F)F)cc(C(F)(F)F)c1.[CH]1[CH][CH][CH][CH]1.[Fe+2]. The van der Waals surface area contributed by atoms with E-state index in [0.29, 0.717) is 30.2 Å². The monoisotopic (exact) mass is 883 g/mol. The molecule has 300 valence electrons. The molecule has 6 rings (SSSR count). The Hall–Kier alpha value is -2.62. The third-order valence-corrected chi connectivity index (χ3v) is 13.6. The molecule has 2 fully saturated rings. The summed E-state index contributed by atoms with van der Waals surface area (Å²) in [5, 5.41) is 0.304. The number of hydrogen-bond acceptors (Lipinski definition) is 1. The fourth-order valence-electron chi connectivity index (χ4n) is 5.89. The molecule has 2 aliphatic rings. The van der Waals surface area contributed by atoms with Gasteiger partial charge in [-0.2, -0.15) is 52.7 Å². The van der Waals surface area contributed by atoms with Crippen LogP contribution in [0, 0.1) is 62.9 Å². The van der Waals surface area contributed by atoms with Crippen LogP contribution >= 0.6 is 16.0 Å². The van der Waals surface area contributed by atoms with E-state index in [0.717, 1.165) is 16.3 Å². The van der Waals surface area contributed by atoms with E-state index >= 15 is 0 Å². The van der Waals surface area contributed by atoms with E-state index in [2.05, 4.69) is 0 Å². The molecule has 1 nitrogen and oxygen atoms in total. The maximum Gasteiger partial charge on any atom is 2.00 e. The number of alkyl halides is 12. The topological polar surface area (TPSA) is 3.24 Å². The van der Waals surface area contributed by atoms with Crippen molar-refractivity contribution in [3.8, 4) is 0 Å². The second kappa shape index (κ2) is 19.2. The first-order chi connectivity index (χ1) is 26.2. The molecular weight excluding hydrogens is 852 g/mol. The van der Waals surface area contributed by atoms with Crippen LogP contribution in [0.4, 0.5) is 52.7 Å². The summed E-state index contributed by atoms with van der Waals surface area (Å²) in [5.41, 5.74) is -6.29. The molecule has 10 radical (unpaired) electrons. The van der Waals surface area contributed by atoms with E-state index in [9.17, 15) is 52.7 Å². The summed E-state index contributed by atoms with van der Waals surface area (Å²) in [5.74, 6) is 0.537. The van der Waals surface area contributed by atoms with E-state index in [4.69, 9.17) is 0 Å².